The number of nitrogens with zero attached hydrogens (tertiary/aromatic N) is 5. The van der Waals surface area contributed by atoms with Crippen molar-refractivity contribution >= 4 is 20.3 Å². The third kappa shape index (κ3) is 10.3. The van der Waals surface area contributed by atoms with Gasteiger partial charge in [0.1, 0.15) is 29.6 Å². The quantitative estimate of drug-likeness (QED) is 0.115. The minimum absolute atomic E-state index is 0.140. The Bertz CT molecular complexity index is 1820. The van der Waals surface area contributed by atoms with Gasteiger partial charge in [0.05, 0.1) is 41.6 Å². The average molecular weight is 730 g/mol. The Morgan fingerprint density at radius 3 is 2.21 bits per heavy atom. The predicted molar refractivity (Wildman–Crippen MR) is 205 cm³/mol. The van der Waals surface area contributed by atoms with E-state index in [0.29, 0.717) is 25.7 Å². The maximum Gasteiger partial charge on any atom is 0.410 e. The van der Waals surface area contributed by atoms with E-state index in [2.05, 4.69) is 34.9 Å². The van der Waals surface area contributed by atoms with Gasteiger partial charge >= 0.3 is 12.2 Å². The van der Waals surface area contributed by atoms with Gasteiger partial charge in [0, 0.05) is 38.5 Å². The van der Waals surface area contributed by atoms with Crippen molar-refractivity contribution in [3.63, 3.8) is 0 Å². The molecule has 0 unspecified atom stereocenters. The number of aromatic amines is 1. The smallest absolute Gasteiger partial charge is 0.410 e. The van der Waals surface area contributed by atoms with Gasteiger partial charge in [-0.05, 0) is 85.0 Å². The third-order valence-electron chi connectivity index (χ3n) is 8.57. The lowest BCUT2D eigenvalue weighted by Gasteiger charge is -2.27. The normalized spacial score (nSPS) is 15.8. The van der Waals surface area contributed by atoms with Gasteiger partial charge in [0.15, 0.2) is 0 Å². The fourth-order valence-corrected chi connectivity index (χ4v) is 6.72. The maximum atomic E-state index is 12.8. The number of imidazole rings is 2. The molecule has 4 heterocycles. The van der Waals surface area contributed by atoms with Crippen molar-refractivity contribution in [3.8, 4) is 33.8 Å². The second-order valence-electron chi connectivity index (χ2n) is 16.7. The second kappa shape index (κ2) is 15.6. The maximum absolute atomic E-state index is 12.8. The minimum Gasteiger partial charge on any atom is -0.444 e. The largest absolute Gasteiger partial charge is 0.444 e. The summed E-state index contributed by atoms with van der Waals surface area (Å²) in [6.45, 7) is 21.6. The Labute approximate surface area is 308 Å². The predicted octanol–water partition coefficient (Wildman–Crippen LogP) is 8.97. The number of alkyl carbamates (subject to hydrolysis) is 1. The Kier molecular flexibility index (Phi) is 11.6. The van der Waals surface area contributed by atoms with E-state index in [0.717, 1.165) is 58.5 Å². The van der Waals surface area contributed by atoms with Crippen molar-refractivity contribution in [1.29, 1.82) is 0 Å². The summed E-state index contributed by atoms with van der Waals surface area (Å²) in [5.74, 6) is 1.43. The Hall–Kier alpha value is -4.49. The molecule has 0 spiro atoms. The summed E-state index contributed by atoms with van der Waals surface area (Å²) in [6.07, 6.45) is 6.39. The van der Waals surface area contributed by atoms with E-state index in [1.54, 1.807) is 11.1 Å². The van der Waals surface area contributed by atoms with Gasteiger partial charge in [0.25, 0.3) is 0 Å². The van der Waals surface area contributed by atoms with Crippen molar-refractivity contribution in [2.45, 2.75) is 117 Å². The van der Waals surface area contributed by atoms with Gasteiger partial charge in [-0.25, -0.2) is 19.6 Å². The van der Waals surface area contributed by atoms with E-state index in [9.17, 15) is 9.59 Å². The van der Waals surface area contributed by atoms with E-state index in [-0.39, 0.29) is 12.1 Å². The van der Waals surface area contributed by atoms with Crippen LogP contribution in [0.2, 0.25) is 25.7 Å². The fourth-order valence-electron chi connectivity index (χ4n) is 5.96. The second-order valence-corrected chi connectivity index (χ2v) is 22.3. The molecule has 13 heteroatoms. The van der Waals surface area contributed by atoms with Crippen molar-refractivity contribution in [2.75, 3.05) is 13.2 Å². The molecule has 52 heavy (non-hydrogen) atoms. The molecular weight excluding hydrogens is 675 g/mol. The molecule has 2 atom stereocenters. The first-order valence-corrected chi connectivity index (χ1v) is 21.8. The molecule has 280 valence electrons. The molecule has 0 bridgehead atoms. The first-order chi connectivity index (χ1) is 24.4. The molecule has 0 aliphatic carbocycles. The molecule has 3 aromatic heterocycles. The minimum atomic E-state index is -1.27. The molecule has 1 aliphatic heterocycles. The molecule has 1 fully saturated rings. The topological polar surface area (TPSA) is 136 Å². The number of carbonyl (C=O) groups is 2. The van der Waals surface area contributed by atoms with E-state index >= 15 is 0 Å². The van der Waals surface area contributed by atoms with Gasteiger partial charge in [-0.15, -0.1) is 0 Å². The third-order valence-corrected chi connectivity index (χ3v) is 10.3. The first-order valence-electron chi connectivity index (χ1n) is 18.1. The highest BCUT2D eigenvalue weighted by atomic mass is 28.3. The molecule has 0 saturated carbocycles. The summed E-state index contributed by atoms with van der Waals surface area (Å²) < 4.78 is 19.3. The van der Waals surface area contributed by atoms with Crippen LogP contribution in [0.4, 0.5) is 9.59 Å². The number of aromatic nitrogens is 5. The zero-order valence-corrected chi connectivity index (χ0v) is 33.4. The number of H-pyrrole nitrogens is 1. The fraction of sp³-hybridized carbons (Fsp3) is 0.513. The highest BCUT2D eigenvalue weighted by Crippen LogP contribution is 2.33. The molecule has 1 aromatic carbocycles. The van der Waals surface area contributed by atoms with Crippen LogP contribution < -0.4 is 5.32 Å². The number of amides is 2. The highest BCUT2D eigenvalue weighted by molar-refractivity contribution is 6.76. The number of ether oxygens (including phenoxy) is 3. The molecule has 2 N–H and O–H groups in total. The van der Waals surface area contributed by atoms with Crippen LogP contribution in [-0.2, 0) is 20.9 Å². The van der Waals surface area contributed by atoms with Crippen LogP contribution in [0, 0.1) is 0 Å². The lowest BCUT2D eigenvalue weighted by atomic mass is 10.1. The number of hydrogen-bond donors (Lipinski definition) is 2. The zero-order chi connectivity index (χ0) is 37.8. The molecule has 4 aromatic rings. The zero-order valence-electron chi connectivity index (χ0n) is 32.4. The van der Waals surface area contributed by atoms with Crippen LogP contribution in [0.25, 0.3) is 33.8 Å². The van der Waals surface area contributed by atoms with Crippen molar-refractivity contribution in [1.82, 2.24) is 34.7 Å². The monoisotopic (exact) mass is 729 g/mol. The van der Waals surface area contributed by atoms with Crippen LogP contribution in [-0.4, -0.2) is 74.0 Å². The molecule has 1 saturated heterocycles. The highest BCUT2D eigenvalue weighted by Gasteiger charge is 2.35. The Balaban J connectivity index is 1.30. The van der Waals surface area contributed by atoms with Crippen LogP contribution in [0.15, 0.2) is 55.0 Å². The molecule has 0 radical (unpaired) electrons. The van der Waals surface area contributed by atoms with Crippen molar-refractivity contribution in [2.24, 2.45) is 0 Å². The lowest BCUT2D eigenvalue weighted by Crippen LogP contribution is -2.36. The number of pyridine rings is 1. The number of carbonyl (C=O) groups excluding carboxylic acids is 2. The SMILES string of the molecule is C[C@H](NC(=O)OC(C)(C)C)c1ncc(-c2ccc(-c3ccc(-c4cnc([C@@H]5CCCN5C(=O)OC(C)(C)C)[nH]4)cc3)nc2)n1COCC[Si](C)(C)C. The Morgan fingerprint density at radius 2 is 1.58 bits per heavy atom. The van der Waals surface area contributed by atoms with Crippen LogP contribution in [0.3, 0.4) is 0 Å². The molecule has 5 rings (SSSR count). The van der Waals surface area contributed by atoms with E-state index < -0.39 is 31.4 Å². The van der Waals surface area contributed by atoms with Crippen molar-refractivity contribution < 1.29 is 23.8 Å². The summed E-state index contributed by atoms with van der Waals surface area (Å²) in [7, 11) is -1.27. The van der Waals surface area contributed by atoms with Crippen molar-refractivity contribution in [3.05, 3.63) is 66.6 Å². The van der Waals surface area contributed by atoms with Gasteiger partial charge in [-0.3, -0.25) is 9.88 Å². The standard InChI is InChI=1S/C39H55N7O5Si/c1-26(43-36(47)50-38(2,3)4)35-42-24-33(46(35)25-49-20-21-52(8,9)10)29-17-18-30(40-22-29)27-13-15-28(16-14-27)31-23-41-34(44-31)32-12-11-19-45(32)37(48)51-39(5,6)7/h13-18,22-24,26,32H,11-12,19-21,25H2,1-10H3,(H,41,44)(H,43,47)/t26-,32-/m0/s1. The number of likely N-dealkylation sites (tertiary alicyclic amines) is 1. The molecule has 2 amide bonds. The lowest BCUT2D eigenvalue weighted by molar-refractivity contribution is 0.0218. The summed E-state index contributed by atoms with van der Waals surface area (Å²) in [4.78, 5) is 44.8. The summed E-state index contributed by atoms with van der Waals surface area (Å²) in [5, 5.41) is 2.91. The van der Waals surface area contributed by atoms with E-state index in [1.807, 2.05) is 102 Å². The van der Waals surface area contributed by atoms with E-state index in [1.165, 1.54) is 0 Å². The van der Waals surface area contributed by atoms with Gasteiger partial charge in [-0.1, -0.05) is 43.9 Å². The first kappa shape index (κ1) is 38.7. The van der Waals surface area contributed by atoms with Gasteiger partial charge < -0.3 is 29.1 Å². The molecular formula is C39H55N7O5Si. The summed E-state index contributed by atoms with van der Waals surface area (Å²) in [6, 6.07) is 12.7. The summed E-state index contributed by atoms with van der Waals surface area (Å²) >= 11 is 0. The number of rotatable bonds is 11. The van der Waals surface area contributed by atoms with Gasteiger partial charge in [-0.2, -0.15) is 0 Å². The number of nitrogens with one attached hydrogen (secondary N) is 2. The summed E-state index contributed by atoms with van der Waals surface area (Å²) in [5.41, 5.74) is 4.24. The average Bonchev–Trinajstić information content (AvgIpc) is 3.81. The van der Waals surface area contributed by atoms with E-state index in [4.69, 9.17) is 24.2 Å². The number of benzene rings is 1. The van der Waals surface area contributed by atoms with Crippen LogP contribution in [0.5, 0.6) is 0 Å². The molecule has 12 nitrogen and oxygen atoms in total. The van der Waals surface area contributed by atoms with Gasteiger partial charge in [0.2, 0.25) is 0 Å². The van der Waals surface area contributed by atoms with Crippen LogP contribution in [0.1, 0.15) is 85.0 Å². The Morgan fingerprint density at radius 1 is 0.904 bits per heavy atom. The molecule has 1 aliphatic rings. The van der Waals surface area contributed by atoms with Crippen LogP contribution >= 0.6 is 0 Å². The number of hydrogen-bond acceptors (Lipinski definition) is 8.